The van der Waals surface area contributed by atoms with Crippen LogP contribution < -0.4 is 4.90 Å². The minimum absolute atomic E-state index is 0.0453. The predicted molar refractivity (Wildman–Crippen MR) is 67.8 cm³/mol. The van der Waals surface area contributed by atoms with Crippen molar-refractivity contribution in [3.8, 4) is 5.75 Å². The van der Waals surface area contributed by atoms with Crippen LogP contribution in [-0.2, 0) is 0 Å². The molecule has 4 nitrogen and oxygen atoms in total. The van der Waals surface area contributed by atoms with Gasteiger partial charge in [-0.15, -0.1) is 0 Å². The summed E-state index contributed by atoms with van der Waals surface area (Å²) < 4.78 is 13.5. The second kappa shape index (κ2) is 4.94. The Labute approximate surface area is 106 Å². The van der Waals surface area contributed by atoms with Crippen molar-refractivity contribution in [2.45, 2.75) is 6.92 Å². The number of halogens is 1. The number of likely N-dealkylation sites (N-methyl/N-ethyl adjacent to an activating group) is 1. The highest BCUT2D eigenvalue weighted by molar-refractivity contribution is 5.98. The zero-order chi connectivity index (χ0) is 13.3. The molecule has 1 aliphatic heterocycles. The maximum absolute atomic E-state index is 13.5. The van der Waals surface area contributed by atoms with E-state index in [1.165, 1.54) is 13.0 Å². The minimum Gasteiger partial charge on any atom is -0.505 e. The van der Waals surface area contributed by atoms with Crippen molar-refractivity contribution < 1.29 is 14.3 Å². The Morgan fingerprint density at radius 2 is 1.89 bits per heavy atom. The number of nitrogens with zero attached hydrogens (tertiary/aromatic N) is 2. The second-order valence-corrected chi connectivity index (χ2v) is 4.67. The van der Waals surface area contributed by atoms with Crippen LogP contribution in [0.15, 0.2) is 12.1 Å². The highest BCUT2D eigenvalue weighted by Gasteiger charge is 2.21. The third kappa shape index (κ3) is 2.46. The van der Waals surface area contributed by atoms with Gasteiger partial charge in [-0.1, -0.05) is 0 Å². The molecule has 0 unspecified atom stereocenters. The molecule has 1 heterocycles. The summed E-state index contributed by atoms with van der Waals surface area (Å²) in [5.41, 5.74) is 0.456. The van der Waals surface area contributed by atoms with E-state index < -0.39 is 5.82 Å². The van der Waals surface area contributed by atoms with Crippen molar-refractivity contribution in [3.05, 3.63) is 23.5 Å². The van der Waals surface area contributed by atoms with Crippen LogP contribution in [0.25, 0.3) is 0 Å². The van der Waals surface area contributed by atoms with Crippen LogP contribution in [0.3, 0.4) is 0 Å². The molecule has 0 aromatic heterocycles. The molecular formula is C13H17FN2O2. The number of hydrogen-bond acceptors (Lipinski definition) is 4. The smallest absolute Gasteiger partial charge is 0.163 e. The lowest BCUT2D eigenvalue weighted by molar-refractivity contribution is 0.101. The van der Waals surface area contributed by atoms with E-state index in [2.05, 4.69) is 4.90 Å². The summed E-state index contributed by atoms with van der Waals surface area (Å²) in [5, 5.41) is 10.1. The quantitative estimate of drug-likeness (QED) is 0.810. The zero-order valence-electron chi connectivity index (χ0n) is 10.6. The van der Waals surface area contributed by atoms with Crippen molar-refractivity contribution >= 4 is 11.5 Å². The third-order valence-corrected chi connectivity index (χ3v) is 3.28. The van der Waals surface area contributed by atoms with E-state index in [1.54, 1.807) is 0 Å². The number of phenolic OH excluding ortho intramolecular Hbond substituents is 1. The molecular weight excluding hydrogens is 235 g/mol. The number of hydrogen-bond donors (Lipinski definition) is 1. The number of benzene rings is 1. The van der Waals surface area contributed by atoms with Gasteiger partial charge in [-0.3, -0.25) is 4.79 Å². The molecule has 0 aliphatic carbocycles. The number of anilines is 1. The van der Waals surface area contributed by atoms with Crippen LogP contribution in [-0.4, -0.2) is 49.0 Å². The van der Waals surface area contributed by atoms with Crippen LogP contribution >= 0.6 is 0 Å². The largest absolute Gasteiger partial charge is 0.505 e. The number of ketones is 1. The molecule has 0 atom stereocenters. The Hall–Kier alpha value is -1.62. The van der Waals surface area contributed by atoms with Gasteiger partial charge in [0.2, 0.25) is 0 Å². The molecule has 0 amide bonds. The van der Waals surface area contributed by atoms with Crippen LogP contribution in [0.4, 0.5) is 10.1 Å². The second-order valence-electron chi connectivity index (χ2n) is 4.67. The van der Waals surface area contributed by atoms with Gasteiger partial charge in [0.15, 0.2) is 5.78 Å². The molecule has 1 aromatic rings. The van der Waals surface area contributed by atoms with Gasteiger partial charge in [-0.05, 0) is 20.0 Å². The minimum atomic E-state index is -0.494. The molecule has 0 saturated carbocycles. The fourth-order valence-electron chi connectivity index (χ4n) is 2.14. The molecule has 98 valence electrons. The number of Topliss-reactive ketones (excluding diaryl/α,β-unsaturated/α-hetero) is 1. The normalized spacial score (nSPS) is 16.9. The van der Waals surface area contributed by atoms with Crippen molar-refractivity contribution in [3.63, 3.8) is 0 Å². The van der Waals surface area contributed by atoms with E-state index >= 15 is 0 Å². The Morgan fingerprint density at radius 3 is 2.44 bits per heavy atom. The molecule has 0 bridgehead atoms. The monoisotopic (exact) mass is 252 g/mol. The van der Waals surface area contributed by atoms with Gasteiger partial charge in [-0.25, -0.2) is 4.39 Å². The number of piperazine rings is 1. The Bertz CT molecular complexity index is 468. The molecule has 2 rings (SSSR count). The first-order valence-corrected chi connectivity index (χ1v) is 5.96. The average Bonchev–Trinajstić information content (AvgIpc) is 2.32. The molecule has 1 saturated heterocycles. The topological polar surface area (TPSA) is 43.8 Å². The van der Waals surface area contributed by atoms with E-state index in [0.717, 1.165) is 19.2 Å². The van der Waals surface area contributed by atoms with E-state index in [1.807, 2.05) is 11.9 Å². The molecule has 1 aliphatic rings. The molecule has 0 radical (unpaired) electrons. The Morgan fingerprint density at radius 1 is 1.28 bits per heavy atom. The lowest BCUT2D eigenvalue weighted by Crippen LogP contribution is -2.44. The average molecular weight is 252 g/mol. The third-order valence-electron chi connectivity index (χ3n) is 3.28. The summed E-state index contributed by atoms with van der Waals surface area (Å²) in [7, 11) is 2.02. The first-order chi connectivity index (χ1) is 8.49. The highest BCUT2D eigenvalue weighted by Crippen LogP contribution is 2.33. The number of phenols is 1. The summed E-state index contributed by atoms with van der Waals surface area (Å²) >= 11 is 0. The molecule has 1 aromatic carbocycles. The van der Waals surface area contributed by atoms with Gasteiger partial charge in [0.05, 0.1) is 11.3 Å². The van der Waals surface area contributed by atoms with Gasteiger partial charge < -0.3 is 14.9 Å². The van der Waals surface area contributed by atoms with Crippen LogP contribution in [0, 0.1) is 5.82 Å². The van der Waals surface area contributed by atoms with Gasteiger partial charge >= 0.3 is 0 Å². The SMILES string of the molecule is CC(=O)c1cc(F)cc(N2CCN(C)CC2)c1O. The summed E-state index contributed by atoms with van der Waals surface area (Å²) in [6.07, 6.45) is 0. The first-order valence-electron chi connectivity index (χ1n) is 5.96. The highest BCUT2D eigenvalue weighted by atomic mass is 19.1. The molecule has 1 N–H and O–H groups in total. The van der Waals surface area contributed by atoms with E-state index in [4.69, 9.17) is 0 Å². The molecule has 1 fully saturated rings. The zero-order valence-corrected chi connectivity index (χ0v) is 10.6. The molecule has 0 spiro atoms. The fourth-order valence-corrected chi connectivity index (χ4v) is 2.14. The van der Waals surface area contributed by atoms with Crippen LogP contribution in [0.2, 0.25) is 0 Å². The lowest BCUT2D eigenvalue weighted by atomic mass is 10.1. The van der Waals surface area contributed by atoms with Crippen LogP contribution in [0.1, 0.15) is 17.3 Å². The number of carbonyl (C=O) groups excluding carboxylic acids is 1. The number of carbonyl (C=O) groups is 1. The van der Waals surface area contributed by atoms with Crippen molar-refractivity contribution in [1.82, 2.24) is 4.90 Å². The van der Waals surface area contributed by atoms with Crippen LogP contribution in [0.5, 0.6) is 5.75 Å². The van der Waals surface area contributed by atoms with Crippen molar-refractivity contribution in [2.75, 3.05) is 38.1 Å². The van der Waals surface area contributed by atoms with E-state index in [-0.39, 0.29) is 17.1 Å². The Kier molecular flexibility index (Phi) is 3.52. The summed E-state index contributed by atoms with van der Waals surface area (Å²) in [4.78, 5) is 15.4. The predicted octanol–water partition coefficient (Wildman–Crippen LogP) is 1.49. The molecule has 18 heavy (non-hydrogen) atoms. The summed E-state index contributed by atoms with van der Waals surface area (Å²) in [6, 6.07) is 2.37. The van der Waals surface area contributed by atoms with Gasteiger partial charge in [0, 0.05) is 32.2 Å². The lowest BCUT2D eigenvalue weighted by Gasteiger charge is -2.34. The summed E-state index contributed by atoms with van der Waals surface area (Å²) in [6.45, 7) is 4.45. The van der Waals surface area contributed by atoms with Crippen molar-refractivity contribution in [2.24, 2.45) is 0 Å². The maximum Gasteiger partial charge on any atom is 0.163 e. The van der Waals surface area contributed by atoms with E-state index in [9.17, 15) is 14.3 Å². The standard InChI is InChI=1S/C13H17FN2O2/c1-9(17)11-7-10(14)8-12(13(11)18)16-5-3-15(2)4-6-16/h7-8,18H,3-6H2,1-2H3. The number of rotatable bonds is 2. The number of aromatic hydroxyl groups is 1. The van der Waals surface area contributed by atoms with E-state index in [0.29, 0.717) is 18.8 Å². The first kappa shape index (κ1) is 12.8. The van der Waals surface area contributed by atoms with Crippen molar-refractivity contribution in [1.29, 1.82) is 0 Å². The van der Waals surface area contributed by atoms with Gasteiger partial charge in [-0.2, -0.15) is 0 Å². The van der Waals surface area contributed by atoms with Gasteiger partial charge in [0.25, 0.3) is 0 Å². The Balaban J connectivity index is 2.35. The van der Waals surface area contributed by atoms with Gasteiger partial charge in [0.1, 0.15) is 11.6 Å². The maximum atomic E-state index is 13.5. The summed E-state index contributed by atoms with van der Waals surface area (Å²) in [5.74, 6) is -0.942. The molecule has 5 heteroatoms. The fraction of sp³-hybridized carbons (Fsp3) is 0.462.